The van der Waals surface area contributed by atoms with Crippen molar-refractivity contribution >= 4 is 5.97 Å². The van der Waals surface area contributed by atoms with Crippen LogP contribution in [-0.4, -0.2) is 16.1 Å². The summed E-state index contributed by atoms with van der Waals surface area (Å²) in [5, 5.41) is 0. The van der Waals surface area contributed by atoms with E-state index in [0.717, 1.165) is 6.42 Å². The molecule has 1 fully saturated rings. The predicted molar refractivity (Wildman–Crippen MR) is 92.8 cm³/mol. The maximum absolute atomic E-state index is 14.1. The Morgan fingerprint density at radius 2 is 2.17 bits per heavy atom. The highest BCUT2D eigenvalue weighted by Gasteiger charge is 2.56. The molecule has 0 spiro atoms. The van der Waals surface area contributed by atoms with Gasteiger partial charge in [-0.3, -0.25) is 0 Å². The van der Waals surface area contributed by atoms with Gasteiger partial charge in [0.25, 0.3) is 0 Å². The number of carbonyl (C=O) groups excluding carboxylic acids is 1. The number of ether oxygens (including phenoxy) is 1. The highest BCUT2D eigenvalue weighted by atomic mass is 19.1. The van der Waals surface area contributed by atoms with E-state index in [9.17, 15) is 9.18 Å². The minimum atomic E-state index is -0.885. The lowest BCUT2D eigenvalue weighted by molar-refractivity contribution is -0.151. The second-order valence-corrected chi connectivity index (χ2v) is 8.07. The van der Waals surface area contributed by atoms with Crippen molar-refractivity contribution in [1.82, 2.24) is 4.57 Å². The molecule has 0 N–H and O–H groups in total. The summed E-state index contributed by atoms with van der Waals surface area (Å²) >= 11 is 0. The van der Waals surface area contributed by atoms with E-state index >= 15 is 0 Å². The first kappa shape index (κ1) is 18.3. The van der Waals surface area contributed by atoms with Gasteiger partial charge in [-0.1, -0.05) is 19.8 Å². The molecule has 0 bridgehead atoms. The summed E-state index contributed by atoms with van der Waals surface area (Å²) in [5.74, 6) is 1.25. The summed E-state index contributed by atoms with van der Waals surface area (Å²) in [5.41, 5.74) is 0.450. The maximum atomic E-state index is 14.1. The average molecular weight is 331 g/mol. The van der Waals surface area contributed by atoms with Crippen LogP contribution in [0.25, 0.3) is 0 Å². The molecule has 1 aromatic rings. The van der Waals surface area contributed by atoms with Gasteiger partial charge in [-0.15, -0.1) is 6.42 Å². The van der Waals surface area contributed by atoms with Crippen molar-refractivity contribution in [2.45, 2.75) is 53.2 Å². The fourth-order valence-electron chi connectivity index (χ4n) is 3.13. The number of aromatic nitrogens is 1. The summed E-state index contributed by atoms with van der Waals surface area (Å²) in [7, 11) is 0. The van der Waals surface area contributed by atoms with Gasteiger partial charge in [0.15, 0.2) is 0 Å². The zero-order chi connectivity index (χ0) is 18.1. The van der Waals surface area contributed by atoms with Crippen LogP contribution < -0.4 is 0 Å². The summed E-state index contributed by atoms with van der Waals surface area (Å²) in [4.78, 5) is 11.8. The molecule has 130 valence electrons. The number of nitrogens with zero attached hydrogens (tertiary/aromatic N) is 1. The third kappa shape index (κ3) is 4.29. The van der Waals surface area contributed by atoms with Gasteiger partial charge in [0, 0.05) is 12.4 Å². The summed E-state index contributed by atoms with van der Waals surface area (Å²) in [6.45, 7) is 9.92. The fraction of sp³-hybridized carbons (Fsp3) is 0.550. The van der Waals surface area contributed by atoms with E-state index in [1.54, 1.807) is 20.8 Å². The van der Waals surface area contributed by atoms with Crippen molar-refractivity contribution in [3.8, 4) is 12.3 Å². The normalized spacial score (nSPS) is 22.8. The van der Waals surface area contributed by atoms with Gasteiger partial charge in [0.1, 0.15) is 5.60 Å². The standard InChI is InChI=1S/C20H26FNO2/c1-7-9-22-10-8-14(13-22)11-15-16(20(15,5)6)12-17(21)18(23)24-19(2,3)4/h1,8,10,12-13,15-16H,9,11H2,2-6H3/b17-12-/t15-,16?/m1/s1. The quantitative estimate of drug-likeness (QED) is 0.461. The van der Waals surface area contributed by atoms with Gasteiger partial charge < -0.3 is 9.30 Å². The van der Waals surface area contributed by atoms with Gasteiger partial charge >= 0.3 is 5.97 Å². The number of allylic oxidation sites excluding steroid dienone is 1. The van der Waals surface area contributed by atoms with Crippen LogP contribution in [0.15, 0.2) is 30.4 Å². The molecule has 2 atom stereocenters. The first-order chi connectivity index (χ1) is 11.0. The fourth-order valence-corrected chi connectivity index (χ4v) is 3.13. The van der Waals surface area contributed by atoms with Crippen LogP contribution in [0.2, 0.25) is 0 Å². The van der Waals surface area contributed by atoms with Gasteiger partial charge in [0.2, 0.25) is 5.83 Å². The first-order valence-electron chi connectivity index (χ1n) is 8.23. The van der Waals surface area contributed by atoms with Gasteiger partial charge in [-0.25, -0.2) is 4.79 Å². The molecular formula is C20H26FNO2. The topological polar surface area (TPSA) is 31.2 Å². The second-order valence-electron chi connectivity index (χ2n) is 8.07. The SMILES string of the molecule is C#CCn1ccc(C[C@@H]2C(/C=C(\F)C(=O)OC(C)(C)C)C2(C)C)c1. The Morgan fingerprint density at radius 3 is 2.75 bits per heavy atom. The van der Waals surface area contributed by atoms with E-state index in [2.05, 4.69) is 19.8 Å². The largest absolute Gasteiger partial charge is 0.455 e. The number of rotatable bonds is 5. The lowest BCUT2D eigenvalue weighted by Gasteiger charge is -2.18. The van der Waals surface area contributed by atoms with Crippen LogP contribution in [0.4, 0.5) is 4.39 Å². The third-order valence-electron chi connectivity index (χ3n) is 4.60. The van der Waals surface area contributed by atoms with Crippen LogP contribution in [0.1, 0.15) is 40.2 Å². The Balaban J connectivity index is 2.02. The number of terminal acetylenes is 1. The number of hydrogen-bond acceptors (Lipinski definition) is 2. The Labute approximate surface area is 143 Å². The highest BCUT2D eigenvalue weighted by molar-refractivity contribution is 5.86. The summed E-state index contributed by atoms with van der Waals surface area (Å²) in [6.07, 6.45) is 11.6. The molecule has 1 unspecified atom stereocenters. The third-order valence-corrected chi connectivity index (χ3v) is 4.60. The van der Waals surface area contributed by atoms with Crippen molar-refractivity contribution in [1.29, 1.82) is 0 Å². The zero-order valence-electron chi connectivity index (χ0n) is 15.1. The second kappa shape index (κ2) is 6.47. The smallest absolute Gasteiger partial charge is 0.367 e. The molecule has 3 nitrogen and oxygen atoms in total. The number of halogens is 1. The lowest BCUT2D eigenvalue weighted by Crippen LogP contribution is -2.24. The molecule has 1 aliphatic carbocycles. The van der Waals surface area contributed by atoms with Crippen molar-refractivity contribution in [2.24, 2.45) is 17.3 Å². The lowest BCUT2D eigenvalue weighted by atomic mass is 10.1. The Kier molecular flexibility index (Phi) is 4.94. The molecule has 1 saturated carbocycles. The predicted octanol–water partition coefficient (Wildman–Crippen LogP) is 4.13. The summed E-state index contributed by atoms with van der Waals surface area (Å²) < 4.78 is 21.2. The molecule has 2 rings (SSSR count). The van der Waals surface area contributed by atoms with Crippen LogP contribution >= 0.6 is 0 Å². The van der Waals surface area contributed by atoms with Gasteiger partial charge in [-0.2, -0.15) is 4.39 Å². The van der Waals surface area contributed by atoms with Crippen molar-refractivity contribution in [3.63, 3.8) is 0 Å². The van der Waals surface area contributed by atoms with E-state index < -0.39 is 17.4 Å². The number of hydrogen-bond donors (Lipinski definition) is 0. The molecule has 0 aliphatic heterocycles. The zero-order valence-corrected chi connectivity index (χ0v) is 15.1. The van der Waals surface area contributed by atoms with Crippen molar-refractivity contribution in [2.75, 3.05) is 0 Å². The maximum Gasteiger partial charge on any atom is 0.367 e. The number of carbonyl (C=O) groups is 1. The molecule has 0 saturated heterocycles. The molecule has 1 heterocycles. The van der Waals surface area contributed by atoms with Crippen LogP contribution in [0, 0.1) is 29.6 Å². The summed E-state index contributed by atoms with van der Waals surface area (Å²) in [6, 6.07) is 2.04. The minimum Gasteiger partial charge on any atom is -0.455 e. The van der Waals surface area contributed by atoms with Gasteiger partial charge in [0.05, 0.1) is 6.54 Å². The molecule has 1 aromatic heterocycles. The van der Waals surface area contributed by atoms with E-state index in [4.69, 9.17) is 11.2 Å². The molecule has 24 heavy (non-hydrogen) atoms. The van der Waals surface area contributed by atoms with E-state index in [0.29, 0.717) is 12.5 Å². The Morgan fingerprint density at radius 1 is 1.50 bits per heavy atom. The molecule has 0 aromatic carbocycles. The van der Waals surface area contributed by atoms with Crippen LogP contribution in [-0.2, 0) is 22.5 Å². The van der Waals surface area contributed by atoms with Crippen LogP contribution in [0.5, 0.6) is 0 Å². The number of esters is 1. The first-order valence-corrected chi connectivity index (χ1v) is 8.23. The Hall–Kier alpha value is -2.02. The molecule has 4 heteroatoms. The van der Waals surface area contributed by atoms with E-state index in [1.165, 1.54) is 11.6 Å². The highest BCUT2D eigenvalue weighted by Crippen LogP contribution is 2.60. The van der Waals surface area contributed by atoms with Gasteiger partial charge in [-0.05, 0) is 62.1 Å². The molecule has 0 radical (unpaired) electrons. The van der Waals surface area contributed by atoms with E-state index in [1.807, 2.05) is 23.0 Å². The van der Waals surface area contributed by atoms with Crippen molar-refractivity contribution < 1.29 is 13.9 Å². The monoisotopic (exact) mass is 331 g/mol. The molecule has 0 amide bonds. The molecule has 1 aliphatic rings. The molecular weight excluding hydrogens is 305 g/mol. The minimum absolute atomic E-state index is 0.0287. The Bertz CT molecular complexity index is 685. The van der Waals surface area contributed by atoms with Crippen LogP contribution in [0.3, 0.4) is 0 Å². The average Bonchev–Trinajstić information content (AvgIpc) is 2.80. The van der Waals surface area contributed by atoms with Crippen molar-refractivity contribution in [3.05, 3.63) is 35.9 Å². The van der Waals surface area contributed by atoms with E-state index in [-0.39, 0.29) is 11.3 Å².